The Hall–Kier alpha value is -3.00. The Morgan fingerprint density at radius 2 is 1.96 bits per heavy atom. The Morgan fingerprint density at radius 1 is 1.22 bits per heavy atom. The summed E-state index contributed by atoms with van der Waals surface area (Å²) in [5.74, 6) is -0.536. The molecule has 1 saturated heterocycles. The number of benzene rings is 1. The quantitative estimate of drug-likeness (QED) is 0.710. The fraction of sp³-hybridized carbons (Fsp3) is 0.278. The Labute approximate surface area is 159 Å². The molecule has 0 atom stereocenters. The molecule has 9 heteroatoms. The molecular formula is C18H18ClN5O3. The molecule has 1 amide bonds. The van der Waals surface area contributed by atoms with Gasteiger partial charge in [-0.05, 0) is 24.3 Å². The Kier molecular flexibility index (Phi) is 4.72. The topological polar surface area (TPSA) is 94.5 Å². The van der Waals surface area contributed by atoms with Crippen molar-refractivity contribution in [1.82, 2.24) is 14.9 Å². The van der Waals surface area contributed by atoms with Crippen LogP contribution < -0.4 is 16.0 Å². The molecule has 0 aliphatic carbocycles. The van der Waals surface area contributed by atoms with Gasteiger partial charge in [0.15, 0.2) is 11.2 Å². The summed E-state index contributed by atoms with van der Waals surface area (Å²) >= 11 is 5.93. The third-order valence-corrected chi connectivity index (χ3v) is 4.80. The first-order valence-electron chi connectivity index (χ1n) is 8.59. The van der Waals surface area contributed by atoms with E-state index in [1.165, 1.54) is 0 Å². The number of carbonyl (C=O) groups is 1. The lowest BCUT2D eigenvalue weighted by molar-refractivity contribution is -0.129. The number of nitrogens with one attached hydrogen (secondary N) is 2. The zero-order valence-corrected chi connectivity index (χ0v) is 15.2. The van der Waals surface area contributed by atoms with E-state index in [-0.39, 0.29) is 12.5 Å². The van der Waals surface area contributed by atoms with E-state index in [4.69, 9.17) is 16.0 Å². The third-order valence-electron chi connectivity index (χ3n) is 4.54. The number of hydrogen-bond acceptors (Lipinski definition) is 6. The van der Waals surface area contributed by atoms with Crippen molar-refractivity contribution >= 4 is 40.1 Å². The first kappa shape index (κ1) is 17.4. The third kappa shape index (κ3) is 3.90. The van der Waals surface area contributed by atoms with Crippen LogP contribution in [0, 0.1) is 0 Å². The normalized spacial score (nSPS) is 14.6. The van der Waals surface area contributed by atoms with Crippen molar-refractivity contribution in [3.63, 3.8) is 0 Å². The van der Waals surface area contributed by atoms with Gasteiger partial charge in [0.05, 0.1) is 18.4 Å². The van der Waals surface area contributed by atoms with Crippen molar-refractivity contribution in [2.45, 2.75) is 0 Å². The maximum atomic E-state index is 12.5. The highest BCUT2D eigenvalue weighted by atomic mass is 35.5. The number of amides is 1. The van der Waals surface area contributed by atoms with Gasteiger partial charge in [-0.25, -0.2) is 9.78 Å². The minimum absolute atomic E-state index is 0.0152. The average Bonchev–Trinajstić information content (AvgIpc) is 3.06. The van der Waals surface area contributed by atoms with Crippen LogP contribution in [0.25, 0.3) is 11.2 Å². The summed E-state index contributed by atoms with van der Waals surface area (Å²) in [5.41, 5.74) is 2.47. The van der Waals surface area contributed by atoms with E-state index < -0.39 is 5.76 Å². The molecule has 2 N–H and O–H groups in total. The van der Waals surface area contributed by atoms with Gasteiger partial charge in [-0.1, -0.05) is 11.6 Å². The van der Waals surface area contributed by atoms with Crippen LogP contribution in [0.3, 0.4) is 0 Å². The predicted molar refractivity (Wildman–Crippen MR) is 103 cm³/mol. The van der Waals surface area contributed by atoms with Crippen LogP contribution in [0.5, 0.6) is 0 Å². The number of nitrogens with zero attached hydrogens (tertiary/aromatic N) is 3. The first-order valence-corrected chi connectivity index (χ1v) is 8.97. The first-order chi connectivity index (χ1) is 13.1. The van der Waals surface area contributed by atoms with Crippen molar-refractivity contribution in [3.05, 3.63) is 52.1 Å². The lowest BCUT2D eigenvalue weighted by Crippen LogP contribution is -2.50. The molecule has 0 unspecified atom stereocenters. The summed E-state index contributed by atoms with van der Waals surface area (Å²) in [6.45, 7) is 3.02. The number of pyridine rings is 1. The largest absolute Gasteiger partial charge is 0.418 e. The number of rotatable bonds is 4. The highest BCUT2D eigenvalue weighted by Crippen LogP contribution is 2.19. The molecule has 27 heavy (non-hydrogen) atoms. The van der Waals surface area contributed by atoms with Crippen LogP contribution in [0.15, 0.2) is 45.7 Å². The standard InChI is InChI=1S/C18H18ClN5O3/c19-12-1-3-14(4-2-12)23-5-7-24(8-6-23)16(25)11-20-13-9-15-17(21-10-13)22-18(26)27-15/h1-4,9-10,20H,5-8,11H2,(H,21,22,26). The second-order valence-electron chi connectivity index (χ2n) is 6.28. The fourth-order valence-corrected chi connectivity index (χ4v) is 3.22. The molecule has 3 heterocycles. The Bertz CT molecular complexity index is 1010. The summed E-state index contributed by atoms with van der Waals surface area (Å²) in [6, 6.07) is 9.37. The molecule has 0 radical (unpaired) electrons. The Morgan fingerprint density at radius 3 is 2.70 bits per heavy atom. The zero-order chi connectivity index (χ0) is 18.8. The lowest BCUT2D eigenvalue weighted by atomic mass is 10.2. The van der Waals surface area contributed by atoms with Crippen LogP contribution in [-0.2, 0) is 4.79 Å². The Balaban J connectivity index is 1.31. The molecule has 8 nitrogen and oxygen atoms in total. The van der Waals surface area contributed by atoms with Gasteiger partial charge >= 0.3 is 5.76 Å². The molecule has 0 spiro atoms. The lowest BCUT2D eigenvalue weighted by Gasteiger charge is -2.36. The number of oxazole rings is 1. The van der Waals surface area contributed by atoms with Crippen molar-refractivity contribution in [1.29, 1.82) is 0 Å². The van der Waals surface area contributed by atoms with E-state index in [1.807, 2.05) is 29.2 Å². The summed E-state index contributed by atoms with van der Waals surface area (Å²) in [6.07, 6.45) is 1.56. The number of aromatic amines is 1. The van der Waals surface area contributed by atoms with E-state index in [2.05, 4.69) is 20.2 Å². The number of carbonyl (C=O) groups excluding carboxylic acids is 1. The highest BCUT2D eigenvalue weighted by Gasteiger charge is 2.21. The molecular weight excluding hydrogens is 370 g/mol. The van der Waals surface area contributed by atoms with Crippen LogP contribution in [-0.4, -0.2) is 53.5 Å². The van der Waals surface area contributed by atoms with Crippen LogP contribution in [0.1, 0.15) is 0 Å². The van der Waals surface area contributed by atoms with Crippen LogP contribution in [0.2, 0.25) is 5.02 Å². The van der Waals surface area contributed by atoms with Gasteiger partial charge in [-0.2, -0.15) is 0 Å². The van der Waals surface area contributed by atoms with Crippen LogP contribution in [0.4, 0.5) is 11.4 Å². The van der Waals surface area contributed by atoms with E-state index in [0.29, 0.717) is 35.0 Å². The number of fused-ring (bicyclic) bond motifs is 1. The number of hydrogen-bond donors (Lipinski definition) is 2. The SMILES string of the molecule is O=C(CNc1cnc2[nH]c(=O)oc2c1)N1CCN(c2ccc(Cl)cc2)CC1. The second kappa shape index (κ2) is 7.32. The molecule has 2 aromatic heterocycles. The summed E-state index contributed by atoms with van der Waals surface area (Å²) in [5, 5.41) is 3.75. The molecule has 140 valence electrons. The fourth-order valence-electron chi connectivity index (χ4n) is 3.09. The van der Waals surface area contributed by atoms with E-state index in [9.17, 15) is 9.59 Å². The average molecular weight is 388 g/mol. The van der Waals surface area contributed by atoms with Crippen molar-refractivity contribution in [3.8, 4) is 0 Å². The van der Waals surface area contributed by atoms with E-state index in [0.717, 1.165) is 18.8 Å². The molecule has 1 aliphatic heterocycles. The van der Waals surface area contributed by atoms with Crippen LogP contribution >= 0.6 is 11.6 Å². The smallest absolute Gasteiger partial charge is 0.406 e. The number of aromatic nitrogens is 2. The van der Waals surface area contributed by atoms with Gasteiger partial charge in [0.2, 0.25) is 5.91 Å². The van der Waals surface area contributed by atoms with Gasteiger partial charge < -0.3 is 19.5 Å². The minimum Gasteiger partial charge on any atom is -0.406 e. The van der Waals surface area contributed by atoms with E-state index in [1.54, 1.807) is 12.3 Å². The zero-order valence-electron chi connectivity index (χ0n) is 14.4. The molecule has 1 fully saturated rings. The highest BCUT2D eigenvalue weighted by molar-refractivity contribution is 6.30. The van der Waals surface area contributed by atoms with Gasteiger partial charge in [-0.15, -0.1) is 0 Å². The minimum atomic E-state index is -0.552. The number of piperazine rings is 1. The van der Waals surface area contributed by atoms with E-state index >= 15 is 0 Å². The molecule has 4 rings (SSSR count). The van der Waals surface area contributed by atoms with Gasteiger partial charge in [0.25, 0.3) is 0 Å². The van der Waals surface area contributed by atoms with Crippen molar-refractivity contribution in [2.75, 3.05) is 42.9 Å². The monoisotopic (exact) mass is 387 g/mol. The van der Waals surface area contributed by atoms with Crippen molar-refractivity contribution in [2.24, 2.45) is 0 Å². The molecule has 3 aromatic rings. The number of halogens is 1. The number of anilines is 2. The molecule has 0 saturated carbocycles. The maximum Gasteiger partial charge on any atom is 0.418 e. The molecule has 1 aliphatic rings. The number of H-pyrrole nitrogens is 1. The predicted octanol–water partition coefficient (Wildman–Crippen LogP) is 1.93. The van der Waals surface area contributed by atoms with Gasteiger partial charge in [-0.3, -0.25) is 9.78 Å². The van der Waals surface area contributed by atoms with Crippen molar-refractivity contribution < 1.29 is 9.21 Å². The summed E-state index contributed by atoms with van der Waals surface area (Å²) < 4.78 is 4.97. The summed E-state index contributed by atoms with van der Waals surface area (Å²) in [4.78, 5) is 34.3. The molecule has 1 aromatic carbocycles. The summed E-state index contributed by atoms with van der Waals surface area (Å²) in [7, 11) is 0. The van der Waals surface area contributed by atoms with Gasteiger partial charge in [0, 0.05) is 43.0 Å². The second-order valence-corrected chi connectivity index (χ2v) is 6.72. The molecule has 0 bridgehead atoms. The maximum absolute atomic E-state index is 12.5. The van der Waals surface area contributed by atoms with Gasteiger partial charge in [0.1, 0.15) is 0 Å².